The predicted molar refractivity (Wildman–Crippen MR) is 90.4 cm³/mol. The van der Waals surface area contributed by atoms with Crippen molar-refractivity contribution in [2.45, 2.75) is 38.9 Å². The van der Waals surface area contributed by atoms with Gasteiger partial charge in [-0.25, -0.2) is 9.18 Å². The molecule has 0 saturated carbocycles. The summed E-state index contributed by atoms with van der Waals surface area (Å²) in [5, 5.41) is 0.0577. The number of amides is 1. The van der Waals surface area contributed by atoms with Crippen molar-refractivity contribution in [2.24, 2.45) is 0 Å². The van der Waals surface area contributed by atoms with Gasteiger partial charge in [0, 0.05) is 17.4 Å². The van der Waals surface area contributed by atoms with Crippen molar-refractivity contribution < 1.29 is 18.7 Å². The lowest BCUT2D eigenvalue weighted by Crippen LogP contribution is -2.48. The molecule has 1 aliphatic heterocycles. The van der Waals surface area contributed by atoms with Crippen LogP contribution in [0.3, 0.4) is 0 Å². The van der Waals surface area contributed by atoms with Gasteiger partial charge in [0.25, 0.3) is 0 Å². The Hall–Kier alpha value is -0.850. The van der Waals surface area contributed by atoms with Gasteiger partial charge in [-0.3, -0.25) is 0 Å². The first-order valence-electron chi connectivity index (χ1n) is 7.39. The Balaban J connectivity index is 2.02. The average molecular weight is 409 g/mol. The van der Waals surface area contributed by atoms with Gasteiger partial charge in [0.15, 0.2) is 0 Å². The van der Waals surface area contributed by atoms with Crippen LogP contribution in [0.5, 0.6) is 0 Å². The van der Waals surface area contributed by atoms with Crippen LogP contribution < -0.4 is 0 Å². The summed E-state index contributed by atoms with van der Waals surface area (Å²) < 4.78 is 25.7. The van der Waals surface area contributed by atoms with Crippen LogP contribution in [0.2, 0.25) is 5.02 Å². The van der Waals surface area contributed by atoms with Crippen LogP contribution in [0.25, 0.3) is 0 Å². The van der Waals surface area contributed by atoms with Crippen LogP contribution in [0, 0.1) is 5.82 Å². The molecule has 23 heavy (non-hydrogen) atoms. The van der Waals surface area contributed by atoms with Crippen molar-refractivity contribution in [3.05, 3.63) is 33.0 Å². The summed E-state index contributed by atoms with van der Waals surface area (Å²) in [6.45, 7) is 6.69. The fourth-order valence-corrected chi connectivity index (χ4v) is 2.79. The standard InChI is InChI=1S/C16H20BrClFNO3/c1-16(2,3)23-15(21)20-6-7-22-11(9-20)8-10-4-5-12(17)13(18)14(10)19/h4-5,11H,6-9H2,1-3H3. The van der Waals surface area contributed by atoms with E-state index in [2.05, 4.69) is 15.9 Å². The molecular weight excluding hydrogens is 389 g/mol. The predicted octanol–water partition coefficient (Wildman–Crippen LogP) is 4.42. The molecular formula is C16H20BrClFNO3. The van der Waals surface area contributed by atoms with Crippen molar-refractivity contribution in [3.8, 4) is 0 Å². The number of ether oxygens (including phenoxy) is 2. The smallest absolute Gasteiger partial charge is 0.410 e. The number of halogens is 3. The summed E-state index contributed by atoms with van der Waals surface area (Å²) in [7, 11) is 0. The molecule has 1 unspecified atom stereocenters. The second-order valence-corrected chi connectivity index (χ2v) is 7.69. The van der Waals surface area contributed by atoms with Crippen molar-refractivity contribution >= 4 is 33.6 Å². The zero-order valence-corrected chi connectivity index (χ0v) is 15.7. The van der Waals surface area contributed by atoms with E-state index in [-0.39, 0.29) is 17.2 Å². The Kier molecular flexibility index (Phi) is 5.92. The second-order valence-electron chi connectivity index (χ2n) is 6.46. The SMILES string of the molecule is CC(C)(C)OC(=O)N1CCOC(Cc2ccc(Br)c(Cl)c2F)C1. The minimum atomic E-state index is -0.545. The lowest BCUT2D eigenvalue weighted by atomic mass is 10.1. The fourth-order valence-electron chi connectivity index (χ4n) is 2.30. The molecule has 1 aromatic carbocycles. The summed E-state index contributed by atoms with van der Waals surface area (Å²) in [6, 6.07) is 3.37. The van der Waals surface area contributed by atoms with E-state index >= 15 is 0 Å². The molecule has 2 rings (SSSR count). The zero-order valence-electron chi connectivity index (χ0n) is 13.4. The van der Waals surface area contributed by atoms with E-state index in [1.165, 1.54) is 0 Å². The summed E-state index contributed by atoms with van der Waals surface area (Å²) in [4.78, 5) is 13.7. The van der Waals surface area contributed by atoms with Crippen molar-refractivity contribution in [1.82, 2.24) is 4.90 Å². The lowest BCUT2D eigenvalue weighted by Gasteiger charge is -2.34. The minimum absolute atomic E-state index is 0.0577. The Morgan fingerprint density at radius 1 is 1.52 bits per heavy atom. The Bertz CT molecular complexity index is 591. The molecule has 0 radical (unpaired) electrons. The number of nitrogens with zero attached hydrogens (tertiary/aromatic N) is 1. The zero-order chi connectivity index (χ0) is 17.2. The van der Waals surface area contributed by atoms with Crippen molar-refractivity contribution in [1.29, 1.82) is 0 Å². The molecule has 128 valence electrons. The molecule has 1 saturated heterocycles. The fraction of sp³-hybridized carbons (Fsp3) is 0.562. The molecule has 1 fully saturated rings. The molecule has 1 atom stereocenters. The van der Waals surface area contributed by atoms with Crippen molar-refractivity contribution in [3.63, 3.8) is 0 Å². The highest BCUT2D eigenvalue weighted by atomic mass is 79.9. The molecule has 1 heterocycles. The Morgan fingerprint density at radius 3 is 2.87 bits per heavy atom. The number of carbonyl (C=O) groups is 1. The first-order valence-corrected chi connectivity index (χ1v) is 8.56. The van der Waals surface area contributed by atoms with Gasteiger partial charge < -0.3 is 14.4 Å². The molecule has 0 spiro atoms. The van der Waals surface area contributed by atoms with Gasteiger partial charge in [-0.1, -0.05) is 17.7 Å². The maximum Gasteiger partial charge on any atom is 0.410 e. The maximum atomic E-state index is 14.2. The highest BCUT2D eigenvalue weighted by molar-refractivity contribution is 9.10. The van der Waals surface area contributed by atoms with Crippen LogP contribution in [-0.2, 0) is 15.9 Å². The Morgan fingerprint density at radius 2 is 2.22 bits per heavy atom. The minimum Gasteiger partial charge on any atom is -0.444 e. The Labute approximate surface area is 149 Å². The van der Waals surface area contributed by atoms with Gasteiger partial charge in [-0.2, -0.15) is 0 Å². The molecule has 1 aliphatic rings. The number of rotatable bonds is 2. The highest BCUT2D eigenvalue weighted by Crippen LogP contribution is 2.28. The summed E-state index contributed by atoms with van der Waals surface area (Å²) in [5.41, 5.74) is -0.0785. The van der Waals surface area contributed by atoms with Crippen LogP contribution in [-0.4, -0.2) is 42.4 Å². The van der Waals surface area contributed by atoms with Gasteiger partial charge in [-0.15, -0.1) is 0 Å². The summed E-state index contributed by atoms with van der Waals surface area (Å²) >= 11 is 9.09. The van der Waals surface area contributed by atoms with Gasteiger partial charge in [0.1, 0.15) is 11.4 Å². The normalized spacial score (nSPS) is 18.9. The number of carbonyl (C=O) groups excluding carboxylic acids is 1. The summed E-state index contributed by atoms with van der Waals surface area (Å²) in [5.74, 6) is -0.459. The van der Waals surface area contributed by atoms with Gasteiger partial charge in [0.2, 0.25) is 0 Å². The summed E-state index contributed by atoms with van der Waals surface area (Å²) in [6.07, 6.45) is -0.318. The van der Waals surface area contributed by atoms with Gasteiger partial charge in [0.05, 0.1) is 24.3 Å². The lowest BCUT2D eigenvalue weighted by molar-refractivity contribution is -0.0417. The molecule has 1 aromatic rings. The third kappa shape index (κ3) is 5.06. The van der Waals surface area contributed by atoms with E-state index in [0.717, 1.165) is 0 Å². The average Bonchev–Trinajstić information content (AvgIpc) is 2.46. The second kappa shape index (κ2) is 7.36. The highest BCUT2D eigenvalue weighted by Gasteiger charge is 2.29. The largest absolute Gasteiger partial charge is 0.444 e. The van der Waals surface area contributed by atoms with E-state index in [9.17, 15) is 9.18 Å². The topological polar surface area (TPSA) is 38.8 Å². The molecule has 0 N–H and O–H groups in total. The third-order valence-electron chi connectivity index (χ3n) is 3.35. The van der Waals surface area contributed by atoms with E-state index in [0.29, 0.717) is 36.2 Å². The number of benzene rings is 1. The van der Waals surface area contributed by atoms with Crippen LogP contribution >= 0.6 is 27.5 Å². The first kappa shape index (κ1) is 18.5. The molecule has 1 amide bonds. The number of morpholine rings is 1. The number of hydrogen-bond acceptors (Lipinski definition) is 3. The van der Waals surface area contributed by atoms with Crippen molar-refractivity contribution in [2.75, 3.05) is 19.7 Å². The van der Waals surface area contributed by atoms with E-state index in [1.54, 1.807) is 17.0 Å². The van der Waals surface area contributed by atoms with E-state index < -0.39 is 11.4 Å². The van der Waals surface area contributed by atoms with Gasteiger partial charge in [-0.05, 0) is 48.3 Å². The van der Waals surface area contributed by atoms with E-state index in [4.69, 9.17) is 21.1 Å². The van der Waals surface area contributed by atoms with Crippen LogP contribution in [0.4, 0.5) is 9.18 Å². The van der Waals surface area contributed by atoms with Crippen LogP contribution in [0.1, 0.15) is 26.3 Å². The monoisotopic (exact) mass is 407 g/mol. The molecule has 0 aromatic heterocycles. The molecule has 0 bridgehead atoms. The van der Waals surface area contributed by atoms with Gasteiger partial charge >= 0.3 is 6.09 Å². The quantitative estimate of drug-likeness (QED) is 0.680. The molecule has 7 heteroatoms. The first-order chi connectivity index (χ1) is 10.7. The molecule has 0 aliphatic carbocycles. The third-order valence-corrected chi connectivity index (χ3v) is 4.61. The number of hydrogen-bond donors (Lipinski definition) is 0. The molecule has 4 nitrogen and oxygen atoms in total. The van der Waals surface area contributed by atoms with Crippen LogP contribution in [0.15, 0.2) is 16.6 Å². The van der Waals surface area contributed by atoms with E-state index in [1.807, 2.05) is 20.8 Å². The maximum absolute atomic E-state index is 14.2.